The van der Waals surface area contributed by atoms with Crippen molar-refractivity contribution in [1.82, 2.24) is 4.90 Å². The second-order valence-corrected chi connectivity index (χ2v) is 6.70. The van der Waals surface area contributed by atoms with Gasteiger partial charge in [0.2, 0.25) is 0 Å². The van der Waals surface area contributed by atoms with Gasteiger partial charge in [-0.3, -0.25) is 0 Å². The Kier molecular flexibility index (Phi) is 5.35. The number of piperidine rings is 1. The third kappa shape index (κ3) is 4.35. The minimum Gasteiger partial charge on any atom is -0.486 e. The zero-order chi connectivity index (χ0) is 16.1. The van der Waals surface area contributed by atoms with Crippen LogP contribution in [0.2, 0.25) is 0 Å². The van der Waals surface area contributed by atoms with E-state index in [4.69, 9.17) is 4.74 Å². The first-order valence-corrected chi connectivity index (χ1v) is 8.71. The first-order chi connectivity index (χ1) is 11.2. The standard InChI is InChI=1S/C21H27NO/c1-17-11-13-20(14-12-17)23-21(18-8-4-3-5-9-18)16-19-10-6-7-15-22(19)2/h3-5,8-9,11-14,19,21H,6-7,10,15-16H2,1-2H3. The molecule has 1 heterocycles. The second kappa shape index (κ2) is 7.65. The van der Waals surface area contributed by atoms with E-state index >= 15 is 0 Å². The molecule has 2 nitrogen and oxygen atoms in total. The summed E-state index contributed by atoms with van der Waals surface area (Å²) in [4.78, 5) is 2.50. The van der Waals surface area contributed by atoms with E-state index in [1.165, 1.54) is 36.9 Å². The van der Waals surface area contributed by atoms with E-state index in [2.05, 4.69) is 73.5 Å². The molecule has 2 aromatic carbocycles. The third-order valence-electron chi connectivity index (χ3n) is 4.88. The van der Waals surface area contributed by atoms with Crippen LogP contribution >= 0.6 is 0 Å². The molecule has 0 aliphatic carbocycles. The Balaban J connectivity index is 1.77. The quantitative estimate of drug-likeness (QED) is 0.771. The largest absolute Gasteiger partial charge is 0.486 e. The third-order valence-corrected chi connectivity index (χ3v) is 4.88. The summed E-state index contributed by atoms with van der Waals surface area (Å²) in [5.74, 6) is 0.961. The highest BCUT2D eigenvalue weighted by Gasteiger charge is 2.25. The molecular formula is C21H27NO. The molecule has 0 N–H and O–H groups in total. The van der Waals surface area contributed by atoms with Gasteiger partial charge in [-0.05, 0) is 51.1 Å². The number of rotatable bonds is 5. The first kappa shape index (κ1) is 16.1. The zero-order valence-electron chi connectivity index (χ0n) is 14.2. The van der Waals surface area contributed by atoms with Crippen molar-refractivity contribution in [1.29, 1.82) is 0 Å². The van der Waals surface area contributed by atoms with Crippen molar-refractivity contribution < 1.29 is 4.74 Å². The summed E-state index contributed by atoms with van der Waals surface area (Å²) in [6.45, 7) is 3.31. The summed E-state index contributed by atoms with van der Waals surface area (Å²) in [6, 6.07) is 19.6. The van der Waals surface area contributed by atoms with E-state index in [-0.39, 0.29) is 6.10 Å². The van der Waals surface area contributed by atoms with Gasteiger partial charge in [-0.25, -0.2) is 0 Å². The summed E-state index contributed by atoms with van der Waals surface area (Å²) in [5, 5.41) is 0. The lowest BCUT2D eigenvalue weighted by Gasteiger charge is -2.35. The Bertz CT molecular complexity index is 593. The Morgan fingerprint density at radius 2 is 1.78 bits per heavy atom. The van der Waals surface area contributed by atoms with Gasteiger partial charge in [-0.2, -0.15) is 0 Å². The van der Waals surface area contributed by atoms with Crippen molar-refractivity contribution in [3.8, 4) is 5.75 Å². The second-order valence-electron chi connectivity index (χ2n) is 6.70. The molecule has 1 fully saturated rings. The van der Waals surface area contributed by atoms with E-state index in [1.807, 2.05) is 0 Å². The highest BCUT2D eigenvalue weighted by molar-refractivity contribution is 5.28. The van der Waals surface area contributed by atoms with Crippen LogP contribution < -0.4 is 4.74 Å². The van der Waals surface area contributed by atoms with Crippen molar-refractivity contribution in [3.63, 3.8) is 0 Å². The zero-order valence-corrected chi connectivity index (χ0v) is 14.2. The lowest BCUT2D eigenvalue weighted by molar-refractivity contribution is 0.109. The smallest absolute Gasteiger partial charge is 0.125 e. The lowest BCUT2D eigenvalue weighted by Crippen LogP contribution is -2.37. The number of nitrogens with zero attached hydrogens (tertiary/aromatic N) is 1. The minimum atomic E-state index is 0.115. The number of hydrogen-bond acceptors (Lipinski definition) is 2. The van der Waals surface area contributed by atoms with Crippen molar-refractivity contribution in [2.45, 2.75) is 44.8 Å². The maximum atomic E-state index is 6.38. The summed E-state index contributed by atoms with van der Waals surface area (Å²) in [6.07, 6.45) is 5.10. The number of aryl methyl sites for hydroxylation is 1. The summed E-state index contributed by atoms with van der Waals surface area (Å²) >= 11 is 0. The molecule has 1 saturated heterocycles. The minimum absolute atomic E-state index is 0.115. The fourth-order valence-corrected chi connectivity index (χ4v) is 3.39. The molecule has 0 amide bonds. The predicted octanol–water partition coefficient (Wildman–Crippen LogP) is 4.99. The molecule has 0 radical (unpaired) electrons. The van der Waals surface area contributed by atoms with Gasteiger partial charge in [0.1, 0.15) is 11.9 Å². The maximum absolute atomic E-state index is 6.38. The molecule has 2 unspecified atom stereocenters. The molecule has 23 heavy (non-hydrogen) atoms. The molecule has 0 spiro atoms. The molecule has 0 aromatic heterocycles. The van der Waals surface area contributed by atoms with Gasteiger partial charge in [0.25, 0.3) is 0 Å². The molecule has 1 aliphatic rings. The first-order valence-electron chi connectivity index (χ1n) is 8.71. The van der Waals surface area contributed by atoms with Crippen molar-refractivity contribution in [2.24, 2.45) is 0 Å². The molecule has 2 aromatic rings. The van der Waals surface area contributed by atoms with E-state index in [9.17, 15) is 0 Å². The van der Waals surface area contributed by atoms with Crippen LogP contribution in [0.3, 0.4) is 0 Å². The lowest BCUT2D eigenvalue weighted by atomic mass is 9.94. The number of hydrogen-bond donors (Lipinski definition) is 0. The topological polar surface area (TPSA) is 12.5 Å². The monoisotopic (exact) mass is 309 g/mol. The van der Waals surface area contributed by atoms with Crippen molar-refractivity contribution >= 4 is 0 Å². The molecule has 1 aliphatic heterocycles. The Morgan fingerprint density at radius 3 is 2.48 bits per heavy atom. The number of likely N-dealkylation sites (tertiary alicyclic amines) is 1. The van der Waals surface area contributed by atoms with Crippen LogP contribution in [0.1, 0.15) is 42.9 Å². The highest BCUT2D eigenvalue weighted by atomic mass is 16.5. The summed E-state index contributed by atoms with van der Waals surface area (Å²) in [5.41, 5.74) is 2.53. The Labute approximate surface area is 140 Å². The molecule has 2 heteroatoms. The van der Waals surface area contributed by atoms with Gasteiger partial charge in [-0.15, -0.1) is 0 Å². The van der Waals surface area contributed by atoms with Crippen LogP contribution in [0, 0.1) is 6.92 Å². The summed E-state index contributed by atoms with van der Waals surface area (Å²) in [7, 11) is 2.25. The molecule has 122 valence electrons. The van der Waals surface area contributed by atoms with Gasteiger partial charge >= 0.3 is 0 Å². The van der Waals surface area contributed by atoms with Crippen LogP contribution in [-0.4, -0.2) is 24.5 Å². The fraction of sp³-hybridized carbons (Fsp3) is 0.429. The fourth-order valence-electron chi connectivity index (χ4n) is 3.39. The summed E-state index contributed by atoms with van der Waals surface area (Å²) < 4.78 is 6.38. The number of ether oxygens (including phenoxy) is 1. The Morgan fingerprint density at radius 1 is 1.04 bits per heavy atom. The van der Waals surface area contributed by atoms with E-state index in [0.717, 1.165) is 12.2 Å². The van der Waals surface area contributed by atoms with Crippen LogP contribution in [0.25, 0.3) is 0 Å². The van der Waals surface area contributed by atoms with Gasteiger partial charge < -0.3 is 9.64 Å². The van der Waals surface area contributed by atoms with E-state index in [1.54, 1.807) is 0 Å². The van der Waals surface area contributed by atoms with Gasteiger partial charge in [0.15, 0.2) is 0 Å². The van der Waals surface area contributed by atoms with Crippen LogP contribution in [0.15, 0.2) is 54.6 Å². The van der Waals surface area contributed by atoms with Gasteiger partial charge in [0.05, 0.1) is 0 Å². The maximum Gasteiger partial charge on any atom is 0.125 e. The van der Waals surface area contributed by atoms with Crippen LogP contribution in [0.5, 0.6) is 5.75 Å². The highest BCUT2D eigenvalue weighted by Crippen LogP contribution is 2.30. The van der Waals surface area contributed by atoms with E-state index < -0.39 is 0 Å². The van der Waals surface area contributed by atoms with Crippen molar-refractivity contribution in [3.05, 3.63) is 65.7 Å². The average molecular weight is 309 g/mol. The Hall–Kier alpha value is -1.80. The average Bonchev–Trinajstić information content (AvgIpc) is 2.59. The van der Waals surface area contributed by atoms with Gasteiger partial charge in [0, 0.05) is 12.5 Å². The predicted molar refractivity (Wildman–Crippen MR) is 95.9 cm³/mol. The molecule has 3 rings (SSSR count). The van der Waals surface area contributed by atoms with Gasteiger partial charge in [-0.1, -0.05) is 54.4 Å². The molecular weight excluding hydrogens is 282 g/mol. The van der Waals surface area contributed by atoms with E-state index in [0.29, 0.717) is 6.04 Å². The van der Waals surface area contributed by atoms with Crippen molar-refractivity contribution in [2.75, 3.05) is 13.6 Å². The molecule has 0 saturated carbocycles. The normalized spacial score (nSPS) is 20.2. The number of benzene rings is 2. The molecule has 0 bridgehead atoms. The SMILES string of the molecule is Cc1ccc(OC(CC2CCCCN2C)c2ccccc2)cc1. The van der Waals surface area contributed by atoms with Crippen LogP contribution in [0.4, 0.5) is 0 Å². The van der Waals surface area contributed by atoms with Crippen LogP contribution in [-0.2, 0) is 0 Å². The molecule has 2 atom stereocenters.